The quantitative estimate of drug-likeness (QED) is 0.187. The number of nitro benzene ring substituents is 1. The maximum Gasteiger partial charge on any atom is 0.336 e. The Hall–Kier alpha value is -4.44. The number of ether oxygens (including phenoxy) is 3. The van der Waals surface area contributed by atoms with Gasteiger partial charge in [-0.1, -0.05) is 36.4 Å². The number of benzene rings is 3. The molecule has 2 aliphatic rings. The van der Waals surface area contributed by atoms with E-state index in [0.29, 0.717) is 61.8 Å². The molecule has 0 saturated heterocycles. The fourth-order valence-corrected chi connectivity index (χ4v) is 5.69. The molecular formula is C30H25BrN2O7. The molecule has 0 bridgehead atoms. The van der Waals surface area contributed by atoms with Gasteiger partial charge >= 0.3 is 5.97 Å². The highest BCUT2D eigenvalue weighted by atomic mass is 79.9. The summed E-state index contributed by atoms with van der Waals surface area (Å²) in [6.07, 6.45) is 0. The van der Waals surface area contributed by atoms with Crippen LogP contribution in [0.15, 0.2) is 82.0 Å². The molecule has 3 aromatic rings. The standard InChI is InChI=1S/C30H25BrN2O7/c1-4-39-23-14-18(13-22(31)29(23)40-15-17-8-7-9-19(12-17)33(36)37)25-24(30(35)38-3)16(2)32-27-20-10-5-6-11-21(20)28(34)26(25)27/h5-14,25,32H,4,15H2,1-3H3/t25-/m0/s1. The number of rotatable bonds is 8. The van der Waals surface area contributed by atoms with Gasteiger partial charge in [0.05, 0.1) is 34.4 Å². The molecule has 10 heteroatoms. The number of hydrogen-bond acceptors (Lipinski definition) is 8. The first-order valence-corrected chi connectivity index (χ1v) is 13.3. The van der Waals surface area contributed by atoms with Gasteiger partial charge in [0.15, 0.2) is 17.3 Å². The highest BCUT2D eigenvalue weighted by molar-refractivity contribution is 9.10. The van der Waals surface area contributed by atoms with E-state index in [1.807, 2.05) is 25.1 Å². The number of halogens is 1. The van der Waals surface area contributed by atoms with Gasteiger partial charge in [0.2, 0.25) is 0 Å². The number of carbonyl (C=O) groups is 2. The maximum absolute atomic E-state index is 13.7. The van der Waals surface area contributed by atoms with Crippen LogP contribution in [0.2, 0.25) is 0 Å². The van der Waals surface area contributed by atoms with E-state index in [-0.39, 0.29) is 18.1 Å². The van der Waals surface area contributed by atoms with Gasteiger partial charge in [-0.3, -0.25) is 14.9 Å². The van der Waals surface area contributed by atoms with Crippen molar-refractivity contribution >= 4 is 39.1 Å². The minimum absolute atomic E-state index is 0.0322. The minimum Gasteiger partial charge on any atom is -0.490 e. The van der Waals surface area contributed by atoms with Crippen molar-refractivity contribution in [2.75, 3.05) is 13.7 Å². The maximum atomic E-state index is 13.7. The van der Waals surface area contributed by atoms with Crippen molar-refractivity contribution in [1.29, 1.82) is 0 Å². The van der Waals surface area contributed by atoms with Crippen LogP contribution < -0.4 is 14.8 Å². The molecule has 0 saturated carbocycles. The molecule has 9 nitrogen and oxygen atoms in total. The zero-order chi connectivity index (χ0) is 28.6. The number of Topliss-reactive ketones (excluding diaryl/α,β-unsaturated/α-hetero) is 1. The lowest BCUT2D eigenvalue weighted by Gasteiger charge is -2.29. The van der Waals surface area contributed by atoms with Crippen LogP contribution in [0.25, 0.3) is 5.70 Å². The van der Waals surface area contributed by atoms with Crippen molar-refractivity contribution in [3.63, 3.8) is 0 Å². The Morgan fingerprint density at radius 2 is 1.82 bits per heavy atom. The van der Waals surface area contributed by atoms with E-state index in [1.165, 1.54) is 19.2 Å². The van der Waals surface area contributed by atoms with Crippen molar-refractivity contribution < 1.29 is 28.7 Å². The Labute approximate surface area is 238 Å². The van der Waals surface area contributed by atoms with E-state index in [0.717, 1.165) is 5.56 Å². The first-order chi connectivity index (χ1) is 19.2. The molecule has 0 fully saturated rings. The van der Waals surface area contributed by atoms with Crippen molar-refractivity contribution in [2.24, 2.45) is 0 Å². The number of non-ortho nitro benzene ring substituents is 1. The second kappa shape index (κ2) is 11.0. The minimum atomic E-state index is -0.732. The zero-order valence-corrected chi connectivity index (χ0v) is 23.5. The molecule has 40 heavy (non-hydrogen) atoms. The summed E-state index contributed by atoms with van der Waals surface area (Å²) in [5.74, 6) is -0.670. The topological polar surface area (TPSA) is 117 Å². The van der Waals surface area contributed by atoms with Crippen LogP contribution in [-0.2, 0) is 16.1 Å². The van der Waals surface area contributed by atoms with Crippen LogP contribution >= 0.6 is 15.9 Å². The number of dihydropyridines is 1. The monoisotopic (exact) mass is 604 g/mol. The van der Waals surface area contributed by atoms with E-state index in [1.54, 1.807) is 37.3 Å². The average Bonchev–Trinajstić information content (AvgIpc) is 3.22. The average molecular weight is 605 g/mol. The van der Waals surface area contributed by atoms with Crippen LogP contribution in [0.3, 0.4) is 0 Å². The van der Waals surface area contributed by atoms with E-state index in [4.69, 9.17) is 14.2 Å². The Morgan fingerprint density at radius 1 is 1.07 bits per heavy atom. The first kappa shape index (κ1) is 27.1. The first-order valence-electron chi connectivity index (χ1n) is 12.5. The second-order valence-electron chi connectivity index (χ2n) is 9.23. The molecular weight excluding hydrogens is 580 g/mol. The molecule has 3 aromatic carbocycles. The molecule has 1 aliphatic heterocycles. The number of nitrogens with zero attached hydrogens (tertiary/aromatic N) is 1. The third-order valence-corrected chi connectivity index (χ3v) is 7.41. The third-order valence-electron chi connectivity index (χ3n) is 6.82. The lowest BCUT2D eigenvalue weighted by atomic mass is 9.79. The molecule has 1 atom stereocenters. The molecule has 1 aliphatic carbocycles. The lowest BCUT2D eigenvalue weighted by molar-refractivity contribution is -0.384. The Morgan fingerprint density at radius 3 is 2.52 bits per heavy atom. The van der Waals surface area contributed by atoms with E-state index >= 15 is 0 Å². The van der Waals surface area contributed by atoms with Crippen LogP contribution in [-0.4, -0.2) is 30.4 Å². The molecule has 0 aromatic heterocycles. The van der Waals surface area contributed by atoms with Crippen molar-refractivity contribution in [3.8, 4) is 11.5 Å². The summed E-state index contributed by atoms with van der Waals surface area (Å²) in [5.41, 5.74) is 4.57. The van der Waals surface area contributed by atoms with Crippen LogP contribution in [0, 0.1) is 10.1 Å². The van der Waals surface area contributed by atoms with E-state index in [2.05, 4.69) is 21.2 Å². The molecule has 0 spiro atoms. The van der Waals surface area contributed by atoms with Crippen LogP contribution in [0.1, 0.15) is 46.8 Å². The van der Waals surface area contributed by atoms with E-state index in [9.17, 15) is 19.7 Å². The number of fused-ring (bicyclic) bond motifs is 2. The summed E-state index contributed by atoms with van der Waals surface area (Å²) in [7, 11) is 1.31. The lowest BCUT2D eigenvalue weighted by Crippen LogP contribution is -2.29. The summed E-state index contributed by atoms with van der Waals surface area (Å²) in [4.78, 5) is 37.5. The molecule has 0 radical (unpaired) electrons. The molecule has 204 valence electrons. The van der Waals surface area contributed by atoms with E-state index < -0.39 is 16.8 Å². The highest BCUT2D eigenvalue weighted by Gasteiger charge is 2.43. The SMILES string of the molecule is CCOc1cc([C@H]2C(C(=O)OC)=C(C)NC3=C2C(=O)c2ccccc23)cc(Br)c1OCc1cccc([N+](=O)[O-])c1. The number of methoxy groups -OCH3 is 1. The third kappa shape index (κ3) is 4.75. The molecule has 1 heterocycles. The van der Waals surface area contributed by atoms with Gasteiger partial charge in [-0.15, -0.1) is 0 Å². The highest BCUT2D eigenvalue weighted by Crippen LogP contribution is 2.49. The molecule has 0 amide bonds. The van der Waals surface area contributed by atoms with Crippen LogP contribution in [0.4, 0.5) is 5.69 Å². The summed E-state index contributed by atoms with van der Waals surface area (Å²) in [5, 5.41) is 14.4. The largest absolute Gasteiger partial charge is 0.490 e. The zero-order valence-electron chi connectivity index (χ0n) is 21.9. The summed E-state index contributed by atoms with van der Waals surface area (Å²) >= 11 is 3.59. The molecule has 0 unspecified atom stereocenters. The van der Waals surface area contributed by atoms with Crippen molar-refractivity contribution in [2.45, 2.75) is 26.4 Å². The normalized spacial score (nSPS) is 15.8. The summed E-state index contributed by atoms with van der Waals surface area (Å²) in [6, 6.07) is 17.1. The number of carbonyl (C=O) groups excluding carboxylic acids is 2. The number of nitro groups is 1. The van der Waals surface area contributed by atoms with Gasteiger partial charge in [0.25, 0.3) is 5.69 Å². The number of esters is 1. The van der Waals surface area contributed by atoms with Gasteiger partial charge in [-0.05, 0) is 53.0 Å². The van der Waals surface area contributed by atoms with Crippen molar-refractivity contribution in [3.05, 3.63) is 114 Å². The van der Waals surface area contributed by atoms with Gasteiger partial charge in [0, 0.05) is 40.4 Å². The van der Waals surface area contributed by atoms with Gasteiger partial charge in [0.1, 0.15) is 6.61 Å². The number of ketones is 1. The smallest absolute Gasteiger partial charge is 0.336 e. The predicted octanol–water partition coefficient (Wildman–Crippen LogP) is 6.08. The fraction of sp³-hybridized carbons (Fsp3) is 0.200. The van der Waals surface area contributed by atoms with Gasteiger partial charge in [-0.2, -0.15) is 0 Å². The summed E-state index contributed by atoms with van der Waals surface area (Å²) < 4.78 is 17.7. The molecule has 1 N–H and O–H groups in total. The Balaban J connectivity index is 1.59. The number of hydrogen-bond donors (Lipinski definition) is 1. The Kier molecular flexibility index (Phi) is 7.44. The second-order valence-corrected chi connectivity index (χ2v) is 10.1. The molecule has 5 rings (SSSR count). The fourth-order valence-electron chi connectivity index (χ4n) is 5.12. The van der Waals surface area contributed by atoms with Crippen LogP contribution in [0.5, 0.6) is 11.5 Å². The predicted molar refractivity (Wildman–Crippen MR) is 151 cm³/mol. The van der Waals surface area contributed by atoms with Crippen molar-refractivity contribution in [1.82, 2.24) is 5.32 Å². The number of allylic oxidation sites excluding steroid dienone is 2. The van der Waals surface area contributed by atoms with Gasteiger partial charge < -0.3 is 19.5 Å². The Bertz CT molecular complexity index is 1630. The number of nitrogens with one attached hydrogen (secondary N) is 1. The van der Waals surface area contributed by atoms with Gasteiger partial charge in [-0.25, -0.2) is 4.79 Å². The summed E-state index contributed by atoms with van der Waals surface area (Å²) in [6.45, 7) is 4.00.